The topological polar surface area (TPSA) is 63.7 Å². The Labute approximate surface area is 119 Å². The molecule has 0 bridgehead atoms. The van der Waals surface area contributed by atoms with Crippen LogP contribution in [0.1, 0.15) is 18.4 Å². The second-order valence-corrected chi connectivity index (χ2v) is 6.95. The van der Waals surface area contributed by atoms with E-state index < -0.39 is 10.0 Å². The highest BCUT2D eigenvalue weighted by atomic mass is 32.2. The maximum absolute atomic E-state index is 12.5. The van der Waals surface area contributed by atoms with Gasteiger partial charge in [0.2, 0.25) is 10.0 Å². The molecular formula is C14H19NO4S. The fraction of sp³-hybridized carbons (Fsp3) is 0.500. The van der Waals surface area contributed by atoms with E-state index in [1.54, 1.807) is 24.3 Å². The summed E-state index contributed by atoms with van der Waals surface area (Å²) in [7, 11) is -2.09. The Morgan fingerprint density at radius 3 is 2.25 bits per heavy atom. The second kappa shape index (κ2) is 5.93. The Balaban J connectivity index is 2.09. The van der Waals surface area contributed by atoms with Gasteiger partial charge in [-0.25, -0.2) is 8.42 Å². The highest BCUT2D eigenvalue weighted by molar-refractivity contribution is 7.89. The van der Waals surface area contributed by atoms with E-state index in [-0.39, 0.29) is 11.9 Å². The van der Waals surface area contributed by atoms with Crippen LogP contribution in [0.4, 0.5) is 0 Å². The standard InChI is InChI=1S/C14H19NO4S/c1-11-3-5-13(6-4-11)20(17,18)15-9-7-12(8-10-15)14(16)19-2/h3-6,12H,7-10H2,1-2H3. The van der Waals surface area contributed by atoms with Gasteiger partial charge in [-0.15, -0.1) is 0 Å². The summed E-state index contributed by atoms with van der Waals surface area (Å²) in [4.78, 5) is 11.7. The van der Waals surface area contributed by atoms with Crippen molar-refractivity contribution in [1.82, 2.24) is 4.31 Å². The number of aryl methyl sites for hydroxylation is 1. The minimum atomic E-state index is -3.45. The SMILES string of the molecule is COC(=O)C1CCN(S(=O)(=O)c2ccc(C)cc2)CC1. The normalized spacial score (nSPS) is 17.9. The first-order valence-corrected chi connectivity index (χ1v) is 8.04. The molecule has 0 amide bonds. The number of carbonyl (C=O) groups excluding carboxylic acids is 1. The fourth-order valence-corrected chi connectivity index (χ4v) is 3.83. The molecule has 1 aliphatic heterocycles. The van der Waals surface area contributed by atoms with Crippen LogP contribution in [0.5, 0.6) is 0 Å². The van der Waals surface area contributed by atoms with Crippen LogP contribution in [0.25, 0.3) is 0 Å². The lowest BCUT2D eigenvalue weighted by Gasteiger charge is -2.29. The van der Waals surface area contributed by atoms with Crippen LogP contribution < -0.4 is 0 Å². The van der Waals surface area contributed by atoms with Crippen LogP contribution in [0.3, 0.4) is 0 Å². The average Bonchev–Trinajstić information content (AvgIpc) is 2.47. The van der Waals surface area contributed by atoms with Crippen molar-refractivity contribution >= 4 is 16.0 Å². The number of ether oxygens (including phenoxy) is 1. The maximum Gasteiger partial charge on any atom is 0.308 e. The van der Waals surface area contributed by atoms with Gasteiger partial charge in [-0.05, 0) is 31.9 Å². The Hall–Kier alpha value is -1.40. The number of nitrogens with zero attached hydrogens (tertiary/aromatic N) is 1. The molecule has 1 aromatic rings. The van der Waals surface area contributed by atoms with E-state index in [4.69, 9.17) is 4.74 Å². The molecule has 0 aromatic heterocycles. The van der Waals surface area contributed by atoms with Crippen LogP contribution in [0, 0.1) is 12.8 Å². The molecule has 1 fully saturated rings. The first-order chi connectivity index (χ1) is 9.45. The van der Waals surface area contributed by atoms with Gasteiger partial charge in [-0.2, -0.15) is 4.31 Å². The second-order valence-electron chi connectivity index (χ2n) is 5.01. The van der Waals surface area contributed by atoms with E-state index >= 15 is 0 Å². The molecule has 0 radical (unpaired) electrons. The lowest BCUT2D eigenvalue weighted by atomic mass is 9.99. The molecule has 1 saturated heterocycles. The number of piperidine rings is 1. The zero-order valence-corrected chi connectivity index (χ0v) is 12.5. The van der Waals surface area contributed by atoms with Crippen molar-refractivity contribution in [1.29, 1.82) is 0 Å². The fourth-order valence-electron chi connectivity index (χ4n) is 2.36. The highest BCUT2D eigenvalue weighted by Gasteiger charge is 2.32. The third-order valence-corrected chi connectivity index (χ3v) is 5.56. The molecular weight excluding hydrogens is 278 g/mol. The number of benzene rings is 1. The van der Waals surface area contributed by atoms with Crippen LogP contribution in [0.15, 0.2) is 29.2 Å². The number of hydrogen-bond donors (Lipinski definition) is 0. The molecule has 20 heavy (non-hydrogen) atoms. The third kappa shape index (κ3) is 3.02. The Kier molecular flexibility index (Phi) is 4.45. The van der Waals surface area contributed by atoms with Gasteiger partial charge in [-0.3, -0.25) is 4.79 Å². The quantitative estimate of drug-likeness (QED) is 0.794. The van der Waals surface area contributed by atoms with Crippen molar-refractivity contribution in [2.45, 2.75) is 24.7 Å². The van der Waals surface area contributed by atoms with E-state index in [0.717, 1.165) is 5.56 Å². The smallest absolute Gasteiger partial charge is 0.308 e. The zero-order valence-electron chi connectivity index (χ0n) is 11.7. The molecule has 1 aliphatic rings. The van der Waals surface area contributed by atoms with E-state index in [9.17, 15) is 13.2 Å². The van der Waals surface area contributed by atoms with Gasteiger partial charge >= 0.3 is 5.97 Å². The van der Waals surface area contributed by atoms with Gasteiger partial charge in [0.05, 0.1) is 17.9 Å². The molecule has 0 spiro atoms. The molecule has 0 atom stereocenters. The molecule has 1 heterocycles. The number of carbonyl (C=O) groups is 1. The first-order valence-electron chi connectivity index (χ1n) is 6.60. The lowest BCUT2D eigenvalue weighted by molar-refractivity contribution is -0.146. The van der Waals surface area contributed by atoms with Crippen molar-refractivity contribution in [2.75, 3.05) is 20.2 Å². The van der Waals surface area contributed by atoms with Gasteiger partial charge in [0, 0.05) is 13.1 Å². The number of esters is 1. The van der Waals surface area contributed by atoms with Gasteiger partial charge in [-0.1, -0.05) is 17.7 Å². The molecule has 0 unspecified atom stereocenters. The van der Waals surface area contributed by atoms with Crippen molar-refractivity contribution in [3.05, 3.63) is 29.8 Å². The van der Waals surface area contributed by atoms with Gasteiger partial charge in [0.25, 0.3) is 0 Å². The van der Waals surface area contributed by atoms with Crippen LogP contribution in [-0.4, -0.2) is 38.9 Å². The molecule has 2 rings (SSSR count). The van der Waals surface area contributed by atoms with Crippen molar-refractivity contribution in [3.8, 4) is 0 Å². The zero-order chi connectivity index (χ0) is 14.8. The summed E-state index contributed by atoms with van der Waals surface area (Å²) in [5.74, 6) is -0.443. The molecule has 6 heteroatoms. The molecule has 1 aromatic carbocycles. The Morgan fingerprint density at radius 1 is 1.20 bits per heavy atom. The number of rotatable bonds is 3. The minimum absolute atomic E-state index is 0.190. The van der Waals surface area contributed by atoms with Gasteiger partial charge in [0.15, 0.2) is 0 Å². The predicted molar refractivity (Wildman–Crippen MR) is 74.7 cm³/mol. The van der Waals surface area contributed by atoms with Gasteiger partial charge < -0.3 is 4.74 Å². The number of hydrogen-bond acceptors (Lipinski definition) is 4. The van der Waals surface area contributed by atoms with E-state index in [2.05, 4.69) is 0 Å². The summed E-state index contributed by atoms with van der Waals surface area (Å²) in [6, 6.07) is 6.82. The first kappa shape index (κ1) is 15.0. The highest BCUT2D eigenvalue weighted by Crippen LogP contribution is 2.24. The molecule has 5 nitrogen and oxygen atoms in total. The summed E-state index contributed by atoms with van der Waals surface area (Å²) in [5, 5.41) is 0. The summed E-state index contributed by atoms with van der Waals surface area (Å²) in [6.07, 6.45) is 1.02. The molecule has 0 saturated carbocycles. The number of sulfonamides is 1. The summed E-state index contributed by atoms with van der Waals surface area (Å²) in [5.41, 5.74) is 1.02. The van der Waals surface area contributed by atoms with Crippen molar-refractivity contribution in [2.24, 2.45) is 5.92 Å². The molecule has 110 valence electrons. The minimum Gasteiger partial charge on any atom is -0.469 e. The summed E-state index contributed by atoms with van der Waals surface area (Å²) < 4.78 is 31.1. The predicted octanol–water partition coefficient (Wildman–Crippen LogP) is 1.57. The molecule has 0 aliphatic carbocycles. The van der Waals surface area contributed by atoms with E-state index in [1.165, 1.54) is 11.4 Å². The van der Waals surface area contributed by atoms with E-state index in [1.807, 2.05) is 6.92 Å². The summed E-state index contributed by atoms with van der Waals surface area (Å²) >= 11 is 0. The van der Waals surface area contributed by atoms with Crippen LogP contribution >= 0.6 is 0 Å². The van der Waals surface area contributed by atoms with Gasteiger partial charge in [0.1, 0.15) is 0 Å². The maximum atomic E-state index is 12.5. The Morgan fingerprint density at radius 2 is 1.75 bits per heavy atom. The average molecular weight is 297 g/mol. The van der Waals surface area contributed by atoms with Crippen LogP contribution in [0.2, 0.25) is 0 Å². The molecule has 0 N–H and O–H groups in total. The third-order valence-electron chi connectivity index (χ3n) is 3.65. The Bertz CT molecular complexity index is 572. The monoisotopic (exact) mass is 297 g/mol. The van der Waals surface area contributed by atoms with E-state index in [0.29, 0.717) is 30.8 Å². The van der Waals surface area contributed by atoms with Crippen molar-refractivity contribution in [3.63, 3.8) is 0 Å². The number of methoxy groups -OCH3 is 1. The largest absolute Gasteiger partial charge is 0.469 e. The lowest BCUT2D eigenvalue weighted by Crippen LogP contribution is -2.40. The summed E-state index contributed by atoms with van der Waals surface area (Å²) in [6.45, 7) is 2.63. The van der Waals surface area contributed by atoms with Crippen LogP contribution in [-0.2, 0) is 19.6 Å². The van der Waals surface area contributed by atoms with Crippen molar-refractivity contribution < 1.29 is 17.9 Å².